The molecule has 6 heteroatoms. The lowest BCUT2D eigenvalue weighted by atomic mass is 9.95. The van der Waals surface area contributed by atoms with Gasteiger partial charge in [-0.25, -0.2) is 4.39 Å². The van der Waals surface area contributed by atoms with Crippen molar-refractivity contribution in [3.05, 3.63) is 27.7 Å². The minimum atomic E-state index is -1.28. The number of ether oxygens (including phenoxy) is 1. The Bertz CT molecular complexity index is 498. The van der Waals surface area contributed by atoms with Crippen LogP contribution in [0, 0.1) is 11.6 Å². The lowest BCUT2D eigenvalue weighted by Crippen LogP contribution is -2.21. The molecule has 0 atom stereocenters. The lowest BCUT2D eigenvalue weighted by Gasteiger charge is -2.14. The Balaban J connectivity index is 2.62. The van der Waals surface area contributed by atoms with Gasteiger partial charge >= 0.3 is 5.97 Å². The molecular formula is C11H9BrF2O3. The molecular weight excluding hydrogens is 298 g/mol. The molecule has 0 heterocycles. The maximum atomic E-state index is 13.8. The molecule has 0 spiro atoms. The second-order valence-electron chi connectivity index (χ2n) is 3.95. The van der Waals surface area contributed by atoms with E-state index in [0.29, 0.717) is 12.8 Å². The van der Waals surface area contributed by atoms with Gasteiger partial charge in [0.1, 0.15) is 0 Å². The van der Waals surface area contributed by atoms with Crippen molar-refractivity contribution < 1.29 is 23.4 Å². The fourth-order valence-corrected chi connectivity index (χ4v) is 2.40. The number of methoxy groups -OCH3 is 1. The zero-order valence-corrected chi connectivity index (χ0v) is 10.5. The number of aliphatic carboxylic acids is 1. The van der Waals surface area contributed by atoms with Crippen LogP contribution in [0.15, 0.2) is 10.5 Å². The molecule has 1 aliphatic rings. The highest BCUT2D eigenvalue weighted by molar-refractivity contribution is 9.10. The van der Waals surface area contributed by atoms with Crippen molar-refractivity contribution in [2.24, 2.45) is 0 Å². The maximum absolute atomic E-state index is 13.8. The second-order valence-corrected chi connectivity index (χ2v) is 4.81. The van der Waals surface area contributed by atoms with E-state index in [1.807, 2.05) is 0 Å². The van der Waals surface area contributed by atoms with Gasteiger partial charge in [-0.2, -0.15) is 4.39 Å². The van der Waals surface area contributed by atoms with Gasteiger partial charge in [0.25, 0.3) is 0 Å². The van der Waals surface area contributed by atoms with E-state index in [1.165, 1.54) is 13.2 Å². The van der Waals surface area contributed by atoms with Crippen molar-refractivity contribution in [3.63, 3.8) is 0 Å². The summed E-state index contributed by atoms with van der Waals surface area (Å²) in [6, 6.07) is 1.28. The predicted octanol–water partition coefficient (Wildman–Crippen LogP) is 2.85. The summed E-state index contributed by atoms with van der Waals surface area (Å²) in [5.74, 6) is -3.70. The van der Waals surface area contributed by atoms with E-state index in [9.17, 15) is 13.6 Å². The van der Waals surface area contributed by atoms with Crippen LogP contribution < -0.4 is 4.74 Å². The van der Waals surface area contributed by atoms with Crippen molar-refractivity contribution in [2.45, 2.75) is 18.3 Å². The quantitative estimate of drug-likeness (QED) is 0.874. The smallest absolute Gasteiger partial charge is 0.314 e. The number of benzene rings is 1. The van der Waals surface area contributed by atoms with Crippen LogP contribution in [0.2, 0.25) is 0 Å². The van der Waals surface area contributed by atoms with Crippen LogP contribution in [0.1, 0.15) is 18.4 Å². The average molecular weight is 307 g/mol. The molecule has 0 unspecified atom stereocenters. The first-order chi connectivity index (χ1) is 7.94. The molecule has 2 rings (SSSR count). The van der Waals surface area contributed by atoms with Crippen molar-refractivity contribution in [3.8, 4) is 5.75 Å². The Morgan fingerprint density at radius 2 is 2.06 bits per heavy atom. The molecule has 0 radical (unpaired) electrons. The van der Waals surface area contributed by atoms with Crippen LogP contribution in [-0.2, 0) is 10.2 Å². The molecule has 0 aliphatic heterocycles. The van der Waals surface area contributed by atoms with E-state index in [4.69, 9.17) is 9.84 Å². The van der Waals surface area contributed by atoms with Crippen LogP contribution in [0.5, 0.6) is 5.75 Å². The van der Waals surface area contributed by atoms with Crippen molar-refractivity contribution in [1.82, 2.24) is 0 Å². The number of hydrogen-bond acceptors (Lipinski definition) is 2. The van der Waals surface area contributed by atoms with Gasteiger partial charge in [0.05, 0.1) is 17.0 Å². The first kappa shape index (κ1) is 12.3. The zero-order valence-electron chi connectivity index (χ0n) is 8.89. The Kier molecular flexibility index (Phi) is 2.85. The van der Waals surface area contributed by atoms with E-state index in [-0.39, 0.29) is 15.8 Å². The molecule has 92 valence electrons. The average Bonchev–Trinajstić information content (AvgIpc) is 3.05. The van der Waals surface area contributed by atoms with Crippen LogP contribution in [-0.4, -0.2) is 18.2 Å². The fraction of sp³-hybridized carbons (Fsp3) is 0.364. The van der Waals surface area contributed by atoms with Crippen LogP contribution in [0.25, 0.3) is 0 Å². The van der Waals surface area contributed by atoms with Gasteiger partial charge in [0.2, 0.25) is 5.82 Å². The highest BCUT2D eigenvalue weighted by atomic mass is 79.9. The van der Waals surface area contributed by atoms with E-state index < -0.39 is 23.0 Å². The summed E-state index contributed by atoms with van der Waals surface area (Å²) in [4.78, 5) is 11.1. The summed E-state index contributed by atoms with van der Waals surface area (Å²) in [5.41, 5.74) is -1.41. The third-order valence-corrected chi connectivity index (χ3v) is 3.58. The van der Waals surface area contributed by atoms with Gasteiger partial charge in [-0.1, -0.05) is 0 Å². The van der Waals surface area contributed by atoms with Crippen LogP contribution in [0.4, 0.5) is 8.78 Å². The third kappa shape index (κ3) is 1.71. The predicted molar refractivity (Wildman–Crippen MR) is 59.2 cm³/mol. The molecule has 1 aromatic rings. The normalized spacial score (nSPS) is 16.7. The van der Waals surface area contributed by atoms with Crippen LogP contribution >= 0.6 is 15.9 Å². The summed E-state index contributed by atoms with van der Waals surface area (Å²) >= 11 is 3.04. The minimum Gasteiger partial charge on any atom is -0.492 e. The second kappa shape index (κ2) is 3.94. The van der Waals surface area contributed by atoms with Crippen LogP contribution in [0.3, 0.4) is 0 Å². The van der Waals surface area contributed by atoms with Crippen molar-refractivity contribution in [1.29, 1.82) is 0 Å². The van der Waals surface area contributed by atoms with E-state index in [2.05, 4.69) is 15.9 Å². The standard InChI is InChI=1S/C11H9BrF2O3/c1-17-9-6(12)4-5(7(13)8(9)14)11(2-3-11)10(15)16/h4H,2-3H2,1H3,(H,15,16). The van der Waals surface area contributed by atoms with E-state index in [1.54, 1.807) is 0 Å². The number of halogens is 3. The van der Waals surface area contributed by atoms with Gasteiger partial charge < -0.3 is 9.84 Å². The molecule has 1 aliphatic carbocycles. The molecule has 0 saturated heterocycles. The maximum Gasteiger partial charge on any atom is 0.314 e. The summed E-state index contributed by atoms with van der Waals surface area (Å²) in [5, 5.41) is 9.05. The first-order valence-corrected chi connectivity index (χ1v) is 5.68. The Morgan fingerprint density at radius 3 is 2.47 bits per heavy atom. The summed E-state index contributed by atoms with van der Waals surface area (Å²) in [6.07, 6.45) is 0.634. The Labute approximate surface area is 105 Å². The molecule has 0 aromatic heterocycles. The zero-order chi connectivity index (χ0) is 12.8. The Morgan fingerprint density at radius 1 is 1.47 bits per heavy atom. The summed E-state index contributed by atoms with van der Waals surface area (Å²) in [6.45, 7) is 0. The molecule has 1 saturated carbocycles. The number of carbonyl (C=O) groups is 1. The van der Waals surface area contributed by atoms with Crippen molar-refractivity contribution in [2.75, 3.05) is 7.11 Å². The largest absolute Gasteiger partial charge is 0.492 e. The van der Waals surface area contributed by atoms with E-state index in [0.717, 1.165) is 0 Å². The molecule has 1 aromatic carbocycles. The number of rotatable bonds is 3. The van der Waals surface area contributed by atoms with Gasteiger partial charge in [-0.05, 0) is 34.8 Å². The van der Waals surface area contributed by atoms with Gasteiger partial charge in [-0.15, -0.1) is 0 Å². The highest BCUT2D eigenvalue weighted by Crippen LogP contribution is 2.51. The van der Waals surface area contributed by atoms with Gasteiger partial charge in [0.15, 0.2) is 11.6 Å². The van der Waals surface area contributed by atoms with Gasteiger partial charge in [0, 0.05) is 5.56 Å². The molecule has 0 bridgehead atoms. The highest BCUT2D eigenvalue weighted by Gasteiger charge is 2.54. The molecule has 1 N–H and O–H groups in total. The Hall–Kier alpha value is -1.17. The van der Waals surface area contributed by atoms with Crippen molar-refractivity contribution >= 4 is 21.9 Å². The molecule has 0 amide bonds. The fourth-order valence-electron chi connectivity index (χ4n) is 1.84. The summed E-state index contributed by atoms with van der Waals surface area (Å²) in [7, 11) is 1.21. The minimum absolute atomic E-state index is 0.129. The summed E-state index contributed by atoms with van der Waals surface area (Å²) < 4.78 is 32.3. The lowest BCUT2D eigenvalue weighted by molar-refractivity contribution is -0.140. The first-order valence-electron chi connectivity index (χ1n) is 4.89. The SMILES string of the molecule is COc1c(Br)cc(C2(C(=O)O)CC2)c(F)c1F. The number of hydrogen-bond donors (Lipinski definition) is 1. The number of carboxylic acids is 1. The molecule has 17 heavy (non-hydrogen) atoms. The van der Waals surface area contributed by atoms with E-state index >= 15 is 0 Å². The molecule has 3 nitrogen and oxygen atoms in total. The topological polar surface area (TPSA) is 46.5 Å². The van der Waals surface area contributed by atoms with Gasteiger partial charge in [-0.3, -0.25) is 4.79 Å². The number of carboxylic acid groups (broad SMARTS) is 1. The monoisotopic (exact) mass is 306 g/mol. The third-order valence-electron chi connectivity index (χ3n) is 3.00. The molecule has 1 fully saturated rings.